The van der Waals surface area contributed by atoms with Crippen molar-refractivity contribution in [3.8, 4) is 0 Å². The van der Waals surface area contributed by atoms with Gasteiger partial charge in [-0.15, -0.1) is 0 Å². The molecule has 4 nitrogen and oxygen atoms in total. The standard InChI is InChI=1S/C11H15N3OS/c15-11-8-5-16-6-9(8)13-10(14-11)4-7-2-1-3-12-7/h7,12H,1-6H2,(H,13,14,15). The molecule has 2 N–H and O–H groups in total. The fourth-order valence-corrected chi connectivity index (χ4v) is 3.41. The Kier molecular flexibility index (Phi) is 2.73. The number of aromatic amines is 1. The van der Waals surface area contributed by atoms with Crippen molar-refractivity contribution >= 4 is 11.8 Å². The van der Waals surface area contributed by atoms with Gasteiger partial charge in [0.2, 0.25) is 0 Å². The third-order valence-corrected chi connectivity index (χ3v) is 4.21. The van der Waals surface area contributed by atoms with Gasteiger partial charge in [0.05, 0.1) is 5.69 Å². The minimum Gasteiger partial charge on any atom is -0.314 e. The second-order valence-corrected chi connectivity index (χ2v) is 5.41. The maximum absolute atomic E-state index is 11.8. The van der Waals surface area contributed by atoms with Crippen LogP contribution in [0.15, 0.2) is 4.79 Å². The Morgan fingerprint density at radius 1 is 1.44 bits per heavy atom. The van der Waals surface area contributed by atoms with E-state index >= 15 is 0 Å². The van der Waals surface area contributed by atoms with Crippen LogP contribution in [0.3, 0.4) is 0 Å². The summed E-state index contributed by atoms with van der Waals surface area (Å²) >= 11 is 1.77. The average molecular weight is 237 g/mol. The van der Waals surface area contributed by atoms with Gasteiger partial charge in [0.1, 0.15) is 5.82 Å². The van der Waals surface area contributed by atoms with Crippen molar-refractivity contribution in [1.29, 1.82) is 0 Å². The van der Waals surface area contributed by atoms with Crippen LogP contribution in [-0.4, -0.2) is 22.6 Å². The van der Waals surface area contributed by atoms with E-state index in [0.717, 1.165) is 41.6 Å². The molecule has 86 valence electrons. The van der Waals surface area contributed by atoms with Crippen LogP contribution in [-0.2, 0) is 17.9 Å². The van der Waals surface area contributed by atoms with Crippen LogP contribution in [0.5, 0.6) is 0 Å². The van der Waals surface area contributed by atoms with Crippen LogP contribution < -0.4 is 10.9 Å². The van der Waals surface area contributed by atoms with E-state index in [0.29, 0.717) is 6.04 Å². The number of H-pyrrole nitrogens is 1. The lowest BCUT2D eigenvalue weighted by Crippen LogP contribution is -2.27. The number of nitrogens with one attached hydrogen (secondary N) is 2. The summed E-state index contributed by atoms with van der Waals surface area (Å²) in [6.07, 6.45) is 3.28. The second kappa shape index (κ2) is 4.22. The van der Waals surface area contributed by atoms with Crippen LogP contribution in [0.25, 0.3) is 0 Å². The van der Waals surface area contributed by atoms with Crippen molar-refractivity contribution in [1.82, 2.24) is 15.3 Å². The van der Waals surface area contributed by atoms with Gasteiger partial charge in [-0.05, 0) is 19.4 Å². The fraction of sp³-hybridized carbons (Fsp3) is 0.636. The number of thioether (sulfide) groups is 1. The highest BCUT2D eigenvalue weighted by Gasteiger charge is 2.20. The van der Waals surface area contributed by atoms with Crippen molar-refractivity contribution in [2.24, 2.45) is 0 Å². The average Bonchev–Trinajstić information content (AvgIpc) is 2.87. The summed E-state index contributed by atoms with van der Waals surface area (Å²) in [4.78, 5) is 19.3. The summed E-state index contributed by atoms with van der Waals surface area (Å²) in [7, 11) is 0. The molecule has 1 aromatic heterocycles. The lowest BCUT2D eigenvalue weighted by molar-refractivity contribution is 0.582. The van der Waals surface area contributed by atoms with Gasteiger partial charge < -0.3 is 10.3 Å². The second-order valence-electron chi connectivity index (χ2n) is 4.43. The lowest BCUT2D eigenvalue weighted by Gasteiger charge is -2.09. The molecule has 0 bridgehead atoms. The first-order chi connectivity index (χ1) is 7.83. The Balaban J connectivity index is 1.85. The molecule has 1 atom stereocenters. The molecule has 0 saturated carbocycles. The molecule has 3 heterocycles. The molecule has 0 aliphatic carbocycles. The monoisotopic (exact) mass is 237 g/mol. The number of nitrogens with zero attached hydrogens (tertiary/aromatic N) is 1. The summed E-state index contributed by atoms with van der Waals surface area (Å²) in [5.41, 5.74) is 1.96. The molecular formula is C11H15N3OS. The molecule has 5 heteroatoms. The summed E-state index contributed by atoms with van der Waals surface area (Å²) < 4.78 is 0. The Hall–Kier alpha value is -0.810. The van der Waals surface area contributed by atoms with Crippen LogP contribution in [0.4, 0.5) is 0 Å². The fourth-order valence-electron chi connectivity index (χ4n) is 2.37. The lowest BCUT2D eigenvalue weighted by atomic mass is 10.1. The zero-order chi connectivity index (χ0) is 11.0. The summed E-state index contributed by atoms with van der Waals surface area (Å²) in [5.74, 6) is 2.56. The number of aromatic nitrogens is 2. The number of fused-ring (bicyclic) bond motifs is 1. The molecule has 1 fully saturated rings. The minimum absolute atomic E-state index is 0.0722. The molecule has 0 aromatic carbocycles. The molecule has 2 aliphatic heterocycles. The Bertz CT molecular complexity index is 451. The van der Waals surface area contributed by atoms with Gasteiger partial charge >= 0.3 is 0 Å². The van der Waals surface area contributed by atoms with Gasteiger partial charge in [0, 0.05) is 29.5 Å². The van der Waals surface area contributed by atoms with Crippen LogP contribution in [0.1, 0.15) is 29.9 Å². The van der Waals surface area contributed by atoms with Gasteiger partial charge in [-0.2, -0.15) is 11.8 Å². The van der Waals surface area contributed by atoms with Gasteiger partial charge in [-0.25, -0.2) is 4.98 Å². The van der Waals surface area contributed by atoms with E-state index in [-0.39, 0.29) is 5.56 Å². The molecule has 1 aromatic rings. The van der Waals surface area contributed by atoms with E-state index in [1.807, 2.05) is 0 Å². The third-order valence-electron chi connectivity index (χ3n) is 3.24. The van der Waals surface area contributed by atoms with Crippen molar-refractivity contribution in [3.05, 3.63) is 27.4 Å². The molecule has 0 amide bonds. The van der Waals surface area contributed by atoms with Crippen LogP contribution in [0.2, 0.25) is 0 Å². The Morgan fingerprint density at radius 2 is 2.38 bits per heavy atom. The van der Waals surface area contributed by atoms with E-state index in [9.17, 15) is 4.79 Å². The summed E-state index contributed by atoms with van der Waals surface area (Å²) in [6, 6.07) is 0.496. The quantitative estimate of drug-likeness (QED) is 0.799. The van der Waals surface area contributed by atoms with Crippen LogP contribution >= 0.6 is 11.8 Å². The zero-order valence-corrected chi connectivity index (χ0v) is 9.90. The number of rotatable bonds is 2. The van der Waals surface area contributed by atoms with Crippen molar-refractivity contribution in [2.45, 2.75) is 36.8 Å². The smallest absolute Gasteiger partial charge is 0.255 e. The highest BCUT2D eigenvalue weighted by molar-refractivity contribution is 7.98. The van der Waals surface area contributed by atoms with Gasteiger partial charge in [-0.3, -0.25) is 4.79 Å². The first kappa shape index (κ1) is 10.4. The Labute approximate surface area is 98.2 Å². The van der Waals surface area contributed by atoms with E-state index in [2.05, 4.69) is 15.3 Å². The number of hydrogen-bond donors (Lipinski definition) is 2. The predicted molar refractivity (Wildman–Crippen MR) is 64.6 cm³/mol. The first-order valence-electron chi connectivity index (χ1n) is 5.75. The summed E-state index contributed by atoms with van der Waals surface area (Å²) in [5, 5.41) is 3.42. The molecule has 0 radical (unpaired) electrons. The zero-order valence-electron chi connectivity index (χ0n) is 9.08. The van der Waals surface area contributed by atoms with Crippen molar-refractivity contribution < 1.29 is 0 Å². The SMILES string of the molecule is O=c1[nH]c(CC2CCCN2)nc2c1CSC2. The maximum atomic E-state index is 11.8. The molecular weight excluding hydrogens is 222 g/mol. The summed E-state index contributed by atoms with van der Waals surface area (Å²) in [6.45, 7) is 1.09. The van der Waals surface area contributed by atoms with Gasteiger partial charge in [-0.1, -0.05) is 0 Å². The van der Waals surface area contributed by atoms with E-state index in [1.165, 1.54) is 12.8 Å². The molecule has 0 spiro atoms. The highest BCUT2D eigenvalue weighted by Crippen LogP contribution is 2.25. The minimum atomic E-state index is 0.0722. The van der Waals surface area contributed by atoms with Crippen molar-refractivity contribution in [2.75, 3.05) is 6.54 Å². The highest BCUT2D eigenvalue weighted by atomic mass is 32.2. The molecule has 16 heavy (non-hydrogen) atoms. The van der Waals surface area contributed by atoms with E-state index in [1.54, 1.807) is 11.8 Å². The number of hydrogen-bond acceptors (Lipinski definition) is 4. The van der Waals surface area contributed by atoms with Gasteiger partial charge in [0.25, 0.3) is 5.56 Å². The predicted octanol–water partition coefficient (Wildman–Crippen LogP) is 0.811. The van der Waals surface area contributed by atoms with Gasteiger partial charge in [0.15, 0.2) is 0 Å². The normalized spacial score (nSPS) is 23.6. The first-order valence-corrected chi connectivity index (χ1v) is 6.90. The largest absolute Gasteiger partial charge is 0.314 e. The molecule has 1 unspecified atom stereocenters. The third kappa shape index (κ3) is 1.89. The molecule has 1 saturated heterocycles. The topological polar surface area (TPSA) is 57.8 Å². The molecule has 2 aliphatic rings. The van der Waals surface area contributed by atoms with Crippen molar-refractivity contribution in [3.63, 3.8) is 0 Å². The maximum Gasteiger partial charge on any atom is 0.255 e. The Morgan fingerprint density at radius 3 is 3.19 bits per heavy atom. The van der Waals surface area contributed by atoms with E-state index < -0.39 is 0 Å². The van der Waals surface area contributed by atoms with E-state index in [4.69, 9.17) is 0 Å². The van der Waals surface area contributed by atoms with Crippen LogP contribution in [0, 0.1) is 0 Å². The molecule has 3 rings (SSSR count).